The summed E-state index contributed by atoms with van der Waals surface area (Å²) in [6.45, 7) is 4.05. The average Bonchev–Trinajstić information content (AvgIpc) is 2.45. The summed E-state index contributed by atoms with van der Waals surface area (Å²) >= 11 is 0. The van der Waals surface area contributed by atoms with Crippen LogP contribution in [0.25, 0.3) is 0 Å². The Hall–Kier alpha value is -2.44. The molecule has 2 aromatic rings. The number of hydrogen-bond acceptors (Lipinski definition) is 6. The molecule has 0 unspecified atom stereocenters. The highest BCUT2D eigenvalue weighted by molar-refractivity contribution is 5.36. The van der Waals surface area contributed by atoms with E-state index in [9.17, 15) is 4.39 Å². The molecule has 112 valence electrons. The van der Waals surface area contributed by atoms with Gasteiger partial charge in [-0.2, -0.15) is 15.0 Å². The molecule has 0 atom stereocenters. The van der Waals surface area contributed by atoms with Crippen LogP contribution in [0.4, 0.5) is 16.3 Å². The van der Waals surface area contributed by atoms with Crippen LogP contribution in [-0.2, 0) is 6.54 Å². The van der Waals surface area contributed by atoms with Crippen LogP contribution in [0.15, 0.2) is 24.3 Å². The van der Waals surface area contributed by atoms with E-state index in [0.29, 0.717) is 17.5 Å². The lowest BCUT2D eigenvalue weighted by Crippen LogP contribution is -2.13. The van der Waals surface area contributed by atoms with Gasteiger partial charge in [0.25, 0.3) is 0 Å². The van der Waals surface area contributed by atoms with Crippen LogP contribution in [-0.4, -0.2) is 28.1 Å². The Morgan fingerprint density at radius 3 is 2.52 bits per heavy atom. The normalized spacial score (nSPS) is 10.5. The molecule has 0 fully saturated rings. The van der Waals surface area contributed by atoms with Gasteiger partial charge in [-0.1, -0.05) is 18.2 Å². The SMILES string of the molecule is CNc1nc(NCc2ccccc2F)nc(OC(C)C)n1. The molecule has 0 bridgehead atoms. The summed E-state index contributed by atoms with van der Waals surface area (Å²) in [5, 5.41) is 5.80. The van der Waals surface area contributed by atoms with E-state index in [4.69, 9.17) is 4.74 Å². The Morgan fingerprint density at radius 2 is 1.86 bits per heavy atom. The number of aromatic nitrogens is 3. The van der Waals surface area contributed by atoms with E-state index in [2.05, 4.69) is 25.6 Å². The first-order valence-electron chi connectivity index (χ1n) is 6.66. The first-order chi connectivity index (χ1) is 10.1. The molecule has 0 aliphatic heterocycles. The molecule has 6 nitrogen and oxygen atoms in total. The van der Waals surface area contributed by atoms with Crippen molar-refractivity contribution in [2.45, 2.75) is 26.5 Å². The van der Waals surface area contributed by atoms with Crippen LogP contribution in [0.3, 0.4) is 0 Å². The highest BCUT2D eigenvalue weighted by Gasteiger charge is 2.09. The zero-order chi connectivity index (χ0) is 15.2. The molecule has 1 aromatic carbocycles. The van der Waals surface area contributed by atoms with Crippen molar-refractivity contribution >= 4 is 11.9 Å². The fourth-order valence-corrected chi connectivity index (χ4v) is 1.63. The lowest BCUT2D eigenvalue weighted by atomic mass is 10.2. The second kappa shape index (κ2) is 6.83. The van der Waals surface area contributed by atoms with Crippen molar-refractivity contribution in [3.8, 4) is 6.01 Å². The molecule has 21 heavy (non-hydrogen) atoms. The summed E-state index contributed by atoms with van der Waals surface area (Å²) in [5.41, 5.74) is 0.537. The Bertz CT molecular complexity index is 606. The zero-order valence-electron chi connectivity index (χ0n) is 12.2. The van der Waals surface area contributed by atoms with Gasteiger partial charge in [0.05, 0.1) is 6.10 Å². The number of rotatable bonds is 6. The van der Waals surface area contributed by atoms with Gasteiger partial charge in [0, 0.05) is 19.2 Å². The number of anilines is 2. The third-order valence-corrected chi connectivity index (χ3v) is 2.57. The van der Waals surface area contributed by atoms with Crippen molar-refractivity contribution in [1.29, 1.82) is 0 Å². The number of ether oxygens (including phenoxy) is 1. The Morgan fingerprint density at radius 1 is 1.14 bits per heavy atom. The second-order valence-corrected chi connectivity index (χ2v) is 4.63. The number of benzene rings is 1. The Kier molecular flexibility index (Phi) is 4.86. The lowest BCUT2D eigenvalue weighted by Gasteiger charge is -2.11. The largest absolute Gasteiger partial charge is 0.461 e. The van der Waals surface area contributed by atoms with Crippen molar-refractivity contribution in [3.63, 3.8) is 0 Å². The van der Waals surface area contributed by atoms with E-state index in [1.807, 2.05) is 13.8 Å². The van der Waals surface area contributed by atoms with Gasteiger partial charge in [-0.05, 0) is 19.9 Å². The van der Waals surface area contributed by atoms with Gasteiger partial charge >= 0.3 is 6.01 Å². The first kappa shape index (κ1) is 15.0. The minimum absolute atomic E-state index is 0.0449. The minimum Gasteiger partial charge on any atom is -0.461 e. The summed E-state index contributed by atoms with van der Waals surface area (Å²) in [6, 6.07) is 6.76. The molecular formula is C14H18FN5O. The average molecular weight is 291 g/mol. The number of nitrogens with zero attached hydrogens (tertiary/aromatic N) is 3. The topological polar surface area (TPSA) is 72.0 Å². The predicted molar refractivity (Wildman–Crippen MR) is 78.9 cm³/mol. The molecule has 0 radical (unpaired) electrons. The van der Waals surface area contributed by atoms with Crippen LogP contribution >= 0.6 is 0 Å². The maximum Gasteiger partial charge on any atom is 0.323 e. The van der Waals surface area contributed by atoms with Crippen molar-refractivity contribution in [2.24, 2.45) is 0 Å². The zero-order valence-corrected chi connectivity index (χ0v) is 12.2. The quantitative estimate of drug-likeness (QED) is 0.852. The maximum atomic E-state index is 13.6. The van der Waals surface area contributed by atoms with E-state index < -0.39 is 0 Å². The van der Waals surface area contributed by atoms with Crippen LogP contribution in [0.2, 0.25) is 0 Å². The summed E-state index contributed by atoms with van der Waals surface area (Å²) in [6.07, 6.45) is -0.0449. The molecule has 1 aromatic heterocycles. The molecule has 0 amide bonds. The summed E-state index contributed by atoms with van der Waals surface area (Å²) in [4.78, 5) is 12.4. The summed E-state index contributed by atoms with van der Waals surface area (Å²) in [7, 11) is 1.70. The van der Waals surface area contributed by atoms with Crippen LogP contribution in [0.1, 0.15) is 19.4 Å². The van der Waals surface area contributed by atoms with Crippen LogP contribution < -0.4 is 15.4 Å². The van der Waals surface area contributed by atoms with E-state index in [1.165, 1.54) is 6.07 Å². The lowest BCUT2D eigenvalue weighted by molar-refractivity contribution is 0.222. The monoisotopic (exact) mass is 291 g/mol. The predicted octanol–water partition coefficient (Wildman–Crippen LogP) is 2.45. The van der Waals surface area contributed by atoms with Gasteiger partial charge in [0.15, 0.2) is 0 Å². The molecule has 0 spiro atoms. The smallest absolute Gasteiger partial charge is 0.323 e. The number of hydrogen-bond donors (Lipinski definition) is 2. The molecule has 0 aliphatic rings. The fourth-order valence-electron chi connectivity index (χ4n) is 1.63. The van der Waals surface area contributed by atoms with Crippen LogP contribution in [0.5, 0.6) is 6.01 Å². The molecule has 2 N–H and O–H groups in total. The third-order valence-electron chi connectivity index (χ3n) is 2.57. The van der Waals surface area contributed by atoms with Gasteiger partial charge < -0.3 is 15.4 Å². The van der Waals surface area contributed by atoms with Crippen molar-refractivity contribution in [2.75, 3.05) is 17.7 Å². The molecule has 7 heteroatoms. The maximum absolute atomic E-state index is 13.6. The summed E-state index contributed by atoms with van der Waals surface area (Å²) in [5.74, 6) is 0.441. The van der Waals surface area contributed by atoms with Gasteiger partial charge in [-0.3, -0.25) is 0 Å². The van der Waals surface area contributed by atoms with E-state index in [1.54, 1.807) is 25.2 Å². The van der Waals surface area contributed by atoms with E-state index in [0.717, 1.165) is 0 Å². The van der Waals surface area contributed by atoms with Gasteiger partial charge in [0.1, 0.15) is 5.82 Å². The van der Waals surface area contributed by atoms with Crippen LogP contribution in [0, 0.1) is 5.82 Å². The highest BCUT2D eigenvalue weighted by Crippen LogP contribution is 2.14. The second-order valence-electron chi connectivity index (χ2n) is 4.63. The minimum atomic E-state index is -0.272. The molecular weight excluding hydrogens is 273 g/mol. The molecule has 1 heterocycles. The standard InChI is InChI=1S/C14H18FN5O/c1-9(2)21-14-19-12(16-3)18-13(20-14)17-8-10-6-4-5-7-11(10)15/h4-7,9H,8H2,1-3H3,(H2,16,17,18,19,20). The Balaban J connectivity index is 2.13. The molecule has 2 rings (SSSR count). The first-order valence-corrected chi connectivity index (χ1v) is 6.66. The van der Waals surface area contributed by atoms with E-state index in [-0.39, 0.29) is 24.5 Å². The summed E-state index contributed by atoms with van der Waals surface area (Å²) < 4.78 is 19.0. The van der Waals surface area contributed by atoms with Crippen molar-refractivity contribution in [3.05, 3.63) is 35.6 Å². The number of halogens is 1. The van der Waals surface area contributed by atoms with Gasteiger partial charge in [0.2, 0.25) is 11.9 Å². The van der Waals surface area contributed by atoms with E-state index >= 15 is 0 Å². The highest BCUT2D eigenvalue weighted by atomic mass is 19.1. The molecule has 0 saturated heterocycles. The molecule has 0 aliphatic carbocycles. The third kappa shape index (κ3) is 4.27. The van der Waals surface area contributed by atoms with Crippen molar-refractivity contribution in [1.82, 2.24) is 15.0 Å². The van der Waals surface area contributed by atoms with Gasteiger partial charge in [-0.15, -0.1) is 0 Å². The fraction of sp³-hybridized carbons (Fsp3) is 0.357. The molecule has 0 saturated carbocycles. The Labute approximate surface area is 122 Å². The number of nitrogens with one attached hydrogen (secondary N) is 2. The van der Waals surface area contributed by atoms with Crippen molar-refractivity contribution < 1.29 is 9.13 Å². The van der Waals surface area contributed by atoms with Gasteiger partial charge in [-0.25, -0.2) is 4.39 Å².